The summed E-state index contributed by atoms with van der Waals surface area (Å²) in [6, 6.07) is 0. The summed E-state index contributed by atoms with van der Waals surface area (Å²) in [5, 5.41) is 0. The standard InChI is InChI=1S/C3H5O.Ca.2H/c1-2-3-4;;;/h2H2,1H3;;;. The van der Waals surface area contributed by atoms with Crippen LogP contribution in [0.4, 0.5) is 0 Å². The van der Waals surface area contributed by atoms with Gasteiger partial charge in [0.2, 0.25) is 0 Å². The summed E-state index contributed by atoms with van der Waals surface area (Å²) in [4.78, 5) is 9.05. The molecule has 0 atom stereocenters. The van der Waals surface area contributed by atoms with E-state index in [0.717, 1.165) is 0 Å². The van der Waals surface area contributed by atoms with Crippen molar-refractivity contribution in [3.63, 3.8) is 0 Å². The van der Waals surface area contributed by atoms with Gasteiger partial charge in [-0.1, -0.05) is 6.92 Å². The zero-order valence-corrected chi connectivity index (χ0v) is 2.62. The normalized spacial score (nSPS) is 5.00. The van der Waals surface area contributed by atoms with Crippen molar-refractivity contribution in [2.24, 2.45) is 0 Å². The quantitative estimate of drug-likeness (QED) is 0.408. The minimum atomic E-state index is 0. The van der Waals surface area contributed by atoms with Gasteiger partial charge < -0.3 is 0 Å². The Labute approximate surface area is 61.7 Å². The summed E-state index contributed by atoms with van der Waals surface area (Å²) >= 11 is 0. The number of hydrogen-bond acceptors (Lipinski definition) is 1. The van der Waals surface area contributed by atoms with Gasteiger partial charge in [0.15, 0.2) is 6.29 Å². The molecule has 0 aliphatic heterocycles. The van der Waals surface area contributed by atoms with E-state index in [4.69, 9.17) is 4.79 Å². The Morgan fingerprint density at radius 2 is 2.00 bits per heavy atom. The molecule has 0 aliphatic rings. The van der Waals surface area contributed by atoms with Gasteiger partial charge in [0.05, 0.1) is 0 Å². The molecule has 0 rings (SSSR count). The van der Waals surface area contributed by atoms with Crippen LogP contribution in [0.3, 0.4) is 0 Å². The van der Waals surface area contributed by atoms with E-state index in [1.54, 1.807) is 13.2 Å². The van der Waals surface area contributed by atoms with Gasteiger partial charge in [-0.05, 0) is 0 Å². The van der Waals surface area contributed by atoms with Crippen LogP contribution in [-0.2, 0) is 4.79 Å². The van der Waals surface area contributed by atoms with Gasteiger partial charge in [-0.15, -0.1) is 0 Å². The SMILES string of the molecule is CC[C]=O.[CaH2]. The van der Waals surface area contributed by atoms with E-state index < -0.39 is 0 Å². The Morgan fingerprint density at radius 3 is 2.00 bits per heavy atom. The molecule has 0 aromatic heterocycles. The van der Waals surface area contributed by atoms with E-state index in [2.05, 4.69) is 0 Å². The summed E-state index contributed by atoms with van der Waals surface area (Å²) in [6.07, 6.45) is 2.19. The first kappa shape index (κ1) is 9.33. The molecule has 0 N–H and O–H groups in total. The molecule has 0 spiro atoms. The van der Waals surface area contributed by atoms with Gasteiger partial charge >= 0.3 is 37.7 Å². The van der Waals surface area contributed by atoms with Crippen molar-refractivity contribution in [3.05, 3.63) is 0 Å². The summed E-state index contributed by atoms with van der Waals surface area (Å²) in [6.45, 7) is 1.76. The Morgan fingerprint density at radius 1 is 1.80 bits per heavy atom. The van der Waals surface area contributed by atoms with Crippen molar-refractivity contribution < 1.29 is 4.79 Å². The molecule has 1 radical (unpaired) electrons. The van der Waals surface area contributed by atoms with Crippen LogP contribution in [0.15, 0.2) is 0 Å². The molecule has 27 valence electrons. The maximum absolute atomic E-state index is 9.05. The Balaban J connectivity index is 0. The van der Waals surface area contributed by atoms with Gasteiger partial charge in [0, 0.05) is 6.42 Å². The predicted octanol–water partition coefficient (Wildman–Crippen LogP) is -0.410. The molecule has 0 saturated carbocycles. The molecule has 0 aromatic carbocycles. The van der Waals surface area contributed by atoms with Gasteiger partial charge in [-0.25, -0.2) is 0 Å². The van der Waals surface area contributed by atoms with Crippen LogP contribution in [0.2, 0.25) is 0 Å². The zero-order chi connectivity index (χ0) is 3.41. The number of carbonyl (C=O) groups excluding carboxylic acids is 1. The molecule has 5 heavy (non-hydrogen) atoms. The second kappa shape index (κ2) is 8.87. The summed E-state index contributed by atoms with van der Waals surface area (Å²) in [7, 11) is 0. The molecule has 1 nitrogen and oxygen atoms in total. The van der Waals surface area contributed by atoms with E-state index in [1.165, 1.54) is 0 Å². The van der Waals surface area contributed by atoms with Gasteiger partial charge in [0.1, 0.15) is 0 Å². The Kier molecular flexibility index (Phi) is 16.6. The first-order valence-corrected chi connectivity index (χ1v) is 1.26. The molecule has 0 amide bonds. The molecule has 0 bridgehead atoms. The summed E-state index contributed by atoms with van der Waals surface area (Å²) < 4.78 is 0. The fourth-order valence-corrected chi connectivity index (χ4v) is 0. The van der Waals surface area contributed by atoms with Gasteiger partial charge in [0.25, 0.3) is 0 Å². The molecule has 2 heteroatoms. The van der Waals surface area contributed by atoms with Crippen LogP contribution in [-0.4, -0.2) is 44.0 Å². The van der Waals surface area contributed by atoms with Crippen LogP contribution in [0, 0.1) is 0 Å². The third kappa shape index (κ3) is 11.4. The fourth-order valence-electron chi connectivity index (χ4n) is 0. The third-order valence-electron chi connectivity index (χ3n) is 0.144. The number of rotatable bonds is 1. The average molecular weight is 99.2 g/mol. The molecular weight excluding hydrogens is 92.1 g/mol. The van der Waals surface area contributed by atoms with Crippen LogP contribution in [0.25, 0.3) is 0 Å². The first-order valence-electron chi connectivity index (χ1n) is 1.26. The van der Waals surface area contributed by atoms with Crippen molar-refractivity contribution in [1.82, 2.24) is 0 Å². The molecule has 0 fully saturated rings. The number of hydrogen-bond donors (Lipinski definition) is 0. The molecule has 0 aliphatic carbocycles. The maximum atomic E-state index is 9.05. The van der Waals surface area contributed by atoms with E-state index >= 15 is 0 Å². The van der Waals surface area contributed by atoms with Gasteiger partial charge in [-0.3, -0.25) is 4.79 Å². The molecule has 0 saturated heterocycles. The fraction of sp³-hybridized carbons (Fsp3) is 0.667. The minimum absolute atomic E-state index is 0. The van der Waals surface area contributed by atoms with Crippen LogP contribution < -0.4 is 0 Å². The summed E-state index contributed by atoms with van der Waals surface area (Å²) in [5.74, 6) is 0. The van der Waals surface area contributed by atoms with E-state index in [9.17, 15) is 0 Å². The van der Waals surface area contributed by atoms with Crippen molar-refractivity contribution in [3.8, 4) is 0 Å². The Hall–Kier alpha value is 0.930. The first-order chi connectivity index (χ1) is 1.91. The van der Waals surface area contributed by atoms with Crippen LogP contribution in [0.5, 0.6) is 0 Å². The third-order valence-corrected chi connectivity index (χ3v) is 0.144. The monoisotopic (exact) mass is 99.0 g/mol. The van der Waals surface area contributed by atoms with Crippen molar-refractivity contribution in [2.45, 2.75) is 13.3 Å². The second-order valence-corrected chi connectivity index (χ2v) is 0.498. The molecule has 0 aromatic rings. The predicted molar refractivity (Wildman–Crippen MR) is 24.5 cm³/mol. The molecule has 0 heterocycles. The second-order valence-electron chi connectivity index (χ2n) is 0.498. The topological polar surface area (TPSA) is 17.1 Å². The van der Waals surface area contributed by atoms with E-state index in [-0.39, 0.29) is 37.7 Å². The molecule has 0 unspecified atom stereocenters. The van der Waals surface area contributed by atoms with E-state index in [1.807, 2.05) is 0 Å². The van der Waals surface area contributed by atoms with Crippen molar-refractivity contribution in [1.29, 1.82) is 0 Å². The van der Waals surface area contributed by atoms with Crippen LogP contribution >= 0.6 is 0 Å². The van der Waals surface area contributed by atoms with Crippen molar-refractivity contribution in [2.75, 3.05) is 0 Å². The Bertz CT molecular complexity index is 20.9. The average Bonchev–Trinajstić information content (AvgIpc) is 1.37. The van der Waals surface area contributed by atoms with Crippen molar-refractivity contribution >= 4 is 44.0 Å². The van der Waals surface area contributed by atoms with Crippen LogP contribution in [0.1, 0.15) is 13.3 Å². The zero-order valence-electron chi connectivity index (χ0n) is 2.62. The molecular formula is C3H7CaO. The van der Waals surface area contributed by atoms with Gasteiger partial charge in [-0.2, -0.15) is 0 Å². The van der Waals surface area contributed by atoms with E-state index in [0.29, 0.717) is 6.42 Å². The summed E-state index contributed by atoms with van der Waals surface area (Å²) in [5.41, 5.74) is 0.